The van der Waals surface area contributed by atoms with E-state index in [1.807, 2.05) is 0 Å². The number of benzene rings is 2. The Morgan fingerprint density at radius 1 is 1.11 bits per heavy atom. The molecule has 5 nitrogen and oxygen atoms in total. The normalized spacial score (nSPS) is 12.5. The van der Waals surface area contributed by atoms with Crippen LogP contribution < -0.4 is 0 Å². The second-order valence-electron chi connectivity index (χ2n) is 6.08. The van der Waals surface area contributed by atoms with E-state index in [0.29, 0.717) is 12.1 Å². The minimum absolute atomic E-state index is 0.0429. The third kappa shape index (κ3) is 3.35. The average molecular weight is 415 g/mol. The van der Waals surface area contributed by atoms with Gasteiger partial charge in [0, 0.05) is 11.1 Å². The fraction of sp³-hybridized carbons (Fsp3) is 0.167. The molecule has 0 radical (unpaired) electrons. The van der Waals surface area contributed by atoms with Crippen molar-refractivity contribution in [1.29, 1.82) is 0 Å². The van der Waals surface area contributed by atoms with E-state index in [1.165, 1.54) is 17.6 Å². The van der Waals surface area contributed by atoms with Gasteiger partial charge < -0.3 is 9.67 Å². The molecule has 10 heteroatoms. The number of carboxylic acids is 1. The lowest BCUT2D eigenvalue weighted by molar-refractivity contribution is -0.138. The predicted molar refractivity (Wildman–Crippen MR) is 91.2 cm³/mol. The van der Waals surface area contributed by atoms with Crippen LogP contribution in [0.1, 0.15) is 11.3 Å². The van der Waals surface area contributed by atoms with Crippen molar-refractivity contribution in [3.63, 3.8) is 0 Å². The van der Waals surface area contributed by atoms with E-state index in [9.17, 15) is 30.8 Å². The fourth-order valence-electron chi connectivity index (χ4n) is 3.04. The zero-order chi connectivity index (χ0) is 20.9. The first-order chi connectivity index (χ1) is 12.9. The Morgan fingerprint density at radius 2 is 1.71 bits per heavy atom. The third-order valence-electron chi connectivity index (χ3n) is 4.28. The summed E-state index contributed by atoms with van der Waals surface area (Å²) in [5, 5.41) is 9.05. The van der Waals surface area contributed by atoms with Gasteiger partial charge in [0.05, 0.1) is 16.0 Å². The number of fused-ring (bicyclic) bond motifs is 1. The molecule has 0 saturated carbocycles. The van der Waals surface area contributed by atoms with Crippen LogP contribution in [0.25, 0.3) is 10.9 Å². The first kappa shape index (κ1) is 19.9. The molecule has 0 spiro atoms. The van der Waals surface area contributed by atoms with E-state index in [2.05, 4.69) is 0 Å². The number of carbonyl (C=O) groups is 1. The Morgan fingerprint density at radius 3 is 2.25 bits per heavy atom. The van der Waals surface area contributed by atoms with Gasteiger partial charge in [0.25, 0.3) is 0 Å². The number of sulfone groups is 1. The van der Waals surface area contributed by atoms with Gasteiger partial charge in [0.2, 0.25) is 9.84 Å². The van der Waals surface area contributed by atoms with Crippen LogP contribution >= 0.6 is 0 Å². The van der Waals surface area contributed by atoms with Crippen LogP contribution in [0.4, 0.5) is 17.6 Å². The highest BCUT2D eigenvalue weighted by Crippen LogP contribution is 2.36. The zero-order valence-corrected chi connectivity index (χ0v) is 15.1. The summed E-state index contributed by atoms with van der Waals surface area (Å²) in [6.07, 6.45) is -4.63. The Labute approximate surface area is 156 Å². The van der Waals surface area contributed by atoms with Crippen LogP contribution in [-0.2, 0) is 27.4 Å². The quantitative estimate of drug-likeness (QED) is 0.653. The number of nitrogens with zero attached hydrogens (tertiary/aromatic N) is 1. The van der Waals surface area contributed by atoms with Crippen molar-refractivity contribution in [3.05, 3.63) is 59.5 Å². The molecule has 0 aliphatic carbocycles. The fourth-order valence-corrected chi connectivity index (χ4v) is 4.73. The third-order valence-corrected chi connectivity index (χ3v) is 6.23. The molecule has 0 unspecified atom stereocenters. The molecule has 28 heavy (non-hydrogen) atoms. The molecule has 1 aromatic heterocycles. The molecule has 3 aromatic rings. The van der Waals surface area contributed by atoms with Crippen molar-refractivity contribution in [2.24, 2.45) is 0 Å². The molecule has 0 amide bonds. The summed E-state index contributed by atoms with van der Waals surface area (Å²) in [5.74, 6) is -1.97. The standard InChI is InChI=1S/C18H13F4NO4S/c1-10-17(14-8-12(19)4-7-15(14)23(10)9-16(24)25)28(26,27)13-5-2-11(3-6-13)18(20,21)22/h2-8H,9H2,1H3,(H,24,25). The molecule has 3 rings (SSSR count). The Balaban J connectivity index is 2.26. The van der Waals surface area contributed by atoms with Gasteiger partial charge >= 0.3 is 12.1 Å². The lowest BCUT2D eigenvalue weighted by Gasteiger charge is -2.09. The highest BCUT2D eigenvalue weighted by molar-refractivity contribution is 7.91. The lowest BCUT2D eigenvalue weighted by Crippen LogP contribution is -2.11. The SMILES string of the molecule is Cc1c(S(=O)(=O)c2ccc(C(F)(F)F)cc2)c2cc(F)ccc2n1CC(=O)O. The van der Waals surface area contributed by atoms with Crippen LogP contribution in [0.15, 0.2) is 52.3 Å². The summed E-state index contributed by atoms with van der Waals surface area (Å²) in [6, 6.07) is 6.19. The molecule has 2 aromatic carbocycles. The molecule has 1 heterocycles. The number of aromatic nitrogens is 1. The molecule has 0 saturated heterocycles. The summed E-state index contributed by atoms with van der Waals surface area (Å²) in [7, 11) is -4.34. The van der Waals surface area contributed by atoms with Crippen LogP contribution in [0, 0.1) is 12.7 Å². The number of hydrogen-bond donors (Lipinski definition) is 1. The van der Waals surface area contributed by atoms with Gasteiger partial charge in [0.1, 0.15) is 17.3 Å². The predicted octanol–water partition coefficient (Wildman–Crippen LogP) is 4.03. The van der Waals surface area contributed by atoms with Crippen LogP contribution in [0.3, 0.4) is 0 Å². The first-order valence-electron chi connectivity index (χ1n) is 7.85. The number of alkyl halides is 3. The summed E-state index contributed by atoms with van der Waals surface area (Å²) >= 11 is 0. The second-order valence-corrected chi connectivity index (χ2v) is 7.97. The first-order valence-corrected chi connectivity index (χ1v) is 9.33. The van der Waals surface area contributed by atoms with Crippen molar-refractivity contribution < 1.29 is 35.9 Å². The number of hydrogen-bond acceptors (Lipinski definition) is 3. The monoisotopic (exact) mass is 415 g/mol. The van der Waals surface area contributed by atoms with Crippen LogP contribution in [-0.4, -0.2) is 24.1 Å². The second kappa shape index (κ2) is 6.62. The van der Waals surface area contributed by atoms with Crippen LogP contribution in [0.5, 0.6) is 0 Å². The summed E-state index contributed by atoms with van der Waals surface area (Å²) < 4.78 is 79.3. The molecule has 1 N–H and O–H groups in total. The van der Waals surface area contributed by atoms with Crippen molar-refractivity contribution in [1.82, 2.24) is 4.57 Å². The Bertz CT molecular complexity index is 1180. The minimum atomic E-state index is -4.63. The van der Waals surface area contributed by atoms with Crippen molar-refractivity contribution in [2.45, 2.75) is 29.4 Å². The maximum absolute atomic E-state index is 13.7. The zero-order valence-electron chi connectivity index (χ0n) is 14.3. The van der Waals surface area contributed by atoms with E-state index in [4.69, 9.17) is 5.11 Å². The van der Waals surface area contributed by atoms with E-state index >= 15 is 0 Å². The topological polar surface area (TPSA) is 76.4 Å². The van der Waals surface area contributed by atoms with E-state index in [-0.39, 0.29) is 21.5 Å². The Hall–Kier alpha value is -2.88. The summed E-state index contributed by atoms with van der Waals surface area (Å²) in [5.41, 5.74) is -0.780. The average Bonchev–Trinajstić information content (AvgIpc) is 2.85. The van der Waals surface area contributed by atoms with Crippen molar-refractivity contribution >= 4 is 26.7 Å². The van der Waals surface area contributed by atoms with Gasteiger partial charge in [-0.1, -0.05) is 0 Å². The molecular weight excluding hydrogens is 402 g/mol. The number of halogens is 4. The molecular formula is C18H13F4NO4S. The van der Waals surface area contributed by atoms with Gasteiger partial charge in [-0.15, -0.1) is 0 Å². The molecule has 0 aliphatic heterocycles. The number of rotatable bonds is 4. The van der Waals surface area contributed by atoms with Gasteiger partial charge in [-0.2, -0.15) is 13.2 Å². The van der Waals surface area contributed by atoms with E-state index in [1.54, 1.807) is 0 Å². The van der Waals surface area contributed by atoms with Gasteiger partial charge in [0.15, 0.2) is 0 Å². The summed E-state index contributed by atoms with van der Waals surface area (Å²) in [4.78, 5) is 10.4. The minimum Gasteiger partial charge on any atom is -0.480 e. The largest absolute Gasteiger partial charge is 0.480 e. The smallest absolute Gasteiger partial charge is 0.416 e. The maximum atomic E-state index is 13.7. The van der Waals surface area contributed by atoms with E-state index in [0.717, 1.165) is 24.3 Å². The molecule has 0 bridgehead atoms. The Kier molecular flexibility index (Phi) is 4.70. The van der Waals surface area contributed by atoms with Crippen molar-refractivity contribution in [3.8, 4) is 0 Å². The van der Waals surface area contributed by atoms with Crippen LogP contribution in [0.2, 0.25) is 0 Å². The molecule has 0 atom stereocenters. The highest BCUT2D eigenvalue weighted by Gasteiger charge is 2.32. The van der Waals surface area contributed by atoms with E-state index < -0.39 is 44.8 Å². The van der Waals surface area contributed by atoms with Crippen molar-refractivity contribution in [2.75, 3.05) is 0 Å². The summed E-state index contributed by atoms with van der Waals surface area (Å²) in [6.45, 7) is 0.800. The van der Waals surface area contributed by atoms with Gasteiger partial charge in [-0.3, -0.25) is 4.79 Å². The molecule has 148 valence electrons. The van der Waals surface area contributed by atoms with Gasteiger partial charge in [-0.25, -0.2) is 12.8 Å². The molecule has 0 fully saturated rings. The highest BCUT2D eigenvalue weighted by atomic mass is 32.2. The maximum Gasteiger partial charge on any atom is 0.416 e. The number of carboxylic acid groups (broad SMARTS) is 1. The molecule has 0 aliphatic rings. The number of aliphatic carboxylic acids is 1. The lowest BCUT2D eigenvalue weighted by atomic mass is 10.2. The van der Waals surface area contributed by atoms with Gasteiger partial charge in [-0.05, 0) is 49.4 Å².